The number of carbonyl (C=O) groups excluding carboxylic acids is 1. The first kappa shape index (κ1) is 19.4. The number of nitrogens with zero attached hydrogens (tertiary/aromatic N) is 2. The smallest absolute Gasteiger partial charge is 0.254 e. The lowest BCUT2D eigenvalue weighted by molar-refractivity contribution is 0.0677. The first-order valence-electron chi connectivity index (χ1n) is 8.76. The van der Waals surface area contributed by atoms with Crippen LogP contribution < -0.4 is 4.74 Å². The largest absolute Gasteiger partial charge is 0.497 e. The summed E-state index contributed by atoms with van der Waals surface area (Å²) in [4.78, 5) is 15.0. The monoisotopic (exact) mass is 388 g/mol. The van der Waals surface area contributed by atoms with E-state index in [1.807, 2.05) is 25.1 Å². The molecule has 0 aromatic heterocycles. The number of benzene rings is 2. The summed E-state index contributed by atoms with van der Waals surface area (Å²) in [6.07, 6.45) is 0.755. The van der Waals surface area contributed by atoms with E-state index in [0.717, 1.165) is 22.0 Å². The lowest BCUT2D eigenvalue weighted by atomic mass is 9.92. The third-order valence-corrected chi connectivity index (χ3v) is 6.82. The van der Waals surface area contributed by atoms with Crippen LogP contribution in [0, 0.1) is 0 Å². The predicted octanol–water partition coefficient (Wildman–Crippen LogP) is 2.71. The van der Waals surface area contributed by atoms with Gasteiger partial charge >= 0.3 is 0 Å². The molecule has 27 heavy (non-hydrogen) atoms. The van der Waals surface area contributed by atoms with Gasteiger partial charge in [-0.3, -0.25) is 4.79 Å². The van der Waals surface area contributed by atoms with Crippen LogP contribution in [0.2, 0.25) is 0 Å². The minimum absolute atomic E-state index is 0.116. The number of amides is 1. The summed E-state index contributed by atoms with van der Waals surface area (Å²) < 4.78 is 31.2. The summed E-state index contributed by atoms with van der Waals surface area (Å²) in [6, 6.07) is 12.0. The van der Waals surface area contributed by atoms with Crippen molar-refractivity contribution in [3.63, 3.8) is 0 Å². The van der Waals surface area contributed by atoms with Crippen LogP contribution >= 0.6 is 0 Å². The Morgan fingerprint density at radius 3 is 2.59 bits per heavy atom. The second-order valence-electron chi connectivity index (χ2n) is 6.80. The quantitative estimate of drug-likeness (QED) is 0.808. The Morgan fingerprint density at radius 1 is 1.19 bits per heavy atom. The Kier molecular flexibility index (Phi) is 5.26. The van der Waals surface area contributed by atoms with Gasteiger partial charge in [-0.2, -0.15) is 0 Å². The van der Waals surface area contributed by atoms with Gasteiger partial charge in [-0.15, -0.1) is 0 Å². The van der Waals surface area contributed by atoms with Crippen LogP contribution in [0.15, 0.2) is 47.4 Å². The van der Waals surface area contributed by atoms with Crippen molar-refractivity contribution in [2.24, 2.45) is 0 Å². The van der Waals surface area contributed by atoms with Gasteiger partial charge in [0.05, 0.1) is 18.0 Å². The molecule has 1 aliphatic heterocycles. The highest BCUT2D eigenvalue weighted by molar-refractivity contribution is 7.89. The molecule has 144 valence electrons. The zero-order valence-corrected chi connectivity index (χ0v) is 16.8. The Hall–Kier alpha value is -2.38. The number of carbonyl (C=O) groups is 1. The maximum atomic E-state index is 13.1. The van der Waals surface area contributed by atoms with Crippen molar-refractivity contribution in [1.29, 1.82) is 0 Å². The number of sulfonamides is 1. The van der Waals surface area contributed by atoms with E-state index >= 15 is 0 Å². The molecule has 2 aromatic carbocycles. The molecule has 3 rings (SSSR count). The van der Waals surface area contributed by atoms with E-state index in [1.165, 1.54) is 31.8 Å². The van der Waals surface area contributed by atoms with Crippen molar-refractivity contribution in [3.8, 4) is 5.75 Å². The molecular formula is C20H24N2O4S. The number of hydrogen-bond acceptors (Lipinski definition) is 4. The molecule has 0 fully saturated rings. The number of ether oxygens (including phenoxy) is 1. The standard InChI is InChI=1S/C20H24N2O4S/c1-14-19-13-17(26-4)9-8-15(19)10-11-22(14)20(23)16-6-5-7-18(12-16)27(24,25)21(2)3/h5-9,12-14H,10-11H2,1-4H3. The van der Waals surface area contributed by atoms with Crippen LogP contribution in [0.3, 0.4) is 0 Å². The van der Waals surface area contributed by atoms with E-state index in [2.05, 4.69) is 0 Å². The molecule has 1 aliphatic rings. The van der Waals surface area contributed by atoms with Crippen LogP contribution in [-0.2, 0) is 16.4 Å². The highest BCUT2D eigenvalue weighted by Crippen LogP contribution is 2.33. The van der Waals surface area contributed by atoms with Crippen molar-refractivity contribution in [3.05, 3.63) is 59.2 Å². The third kappa shape index (κ3) is 3.57. The van der Waals surface area contributed by atoms with Gasteiger partial charge in [-0.05, 0) is 54.8 Å². The molecule has 2 aromatic rings. The van der Waals surface area contributed by atoms with E-state index in [-0.39, 0.29) is 16.8 Å². The zero-order chi connectivity index (χ0) is 19.8. The average molecular weight is 388 g/mol. The third-order valence-electron chi connectivity index (χ3n) is 5.01. The van der Waals surface area contributed by atoms with Gasteiger partial charge in [0.2, 0.25) is 10.0 Å². The molecular weight excluding hydrogens is 364 g/mol. The molecule has 1 unspecified atom stereocenters. The van der Waals surface area contributed by atoms with Gasteiger partial charge in [0.15, 0.2) is 0 Å². The van der Waals surface area contributed by atoms with Crippen molar-refractivity contribution in [2.45, 2.75) is 24.3 Å². The molecule has 0 radical (unpaired) electrons. The van der Waals surface area contributed by atoms with Gasteiger partial charge in [0.1, 0.15) is 5.75 Å². The van der Waals surface area contributed by atoms with E-state index in [4.69, 9.17) is 4.74 Å². The summed E-state index contributed by atoms with van der Waals surface area (Å²) in [5.74, 6) is 0.584. The molecule has 0 spiro atoms. The number of rotatable bonds is 4. The van der Waals surface area contributed by atoms with Crippen molar-refractivity contribution in [1.82, 2.24) is 9.21 Å². The number of methoxy groups -OCH3 is 1. The summed E-state index contributed by atoms with van der Waals surface area (Å²) in [7, 11) is 0.977. The second kappa shape index (κ2) is 7.32. The maximum absolute atomic E-state index is 13.1. The van der Waals surface area contributed by atoms with E-state index in [0.29, 0.717) is 12.1 Å². The number of hydrogen-bond donors (Lipinski definition) is 0. The maximum Gasteiger partial charge on any atom is 0.254 e. The van der Waals surface area contributed by atoms with Gasteiger partial charge in [-0.25, -0.2) is 12.7 Å². The molecule has 0 N–H and O–H groups in total. The van der Waals surface area contributed by atoms with Gasteiger partial charge < -0.3 is 9.64 Å². The van der Waals surface area contributed by atoms with Crippen LogP contribution in [0.4, 0.5) is 0 Å². The van der Waals surface area contributed by atoms with Crippen LogP contribution in [0.25, 0.3) is 0 Å². The second-order valence-corrected chi connectivity index (χ2v) is 8.96. The molecule has 0 saturated carbocycles. The molecule has 1 amide bonds. The Morgan fingerprint density at radius 2 is 1.93 bits per heavy atom. The summed E-state index contributed by atoms with van der Waals surface area (Å²) in [6.45, 7) is 2.57. The molecule has 6 nitrogen and oxygen atoms in total. The van der Waals surface area contributed by atoms with Crippen LogP contribution in [0.1, 0.15) is 34.5 Å². The van der Waals surface area contributed by atoms with E-state index in [9.17, 15) is 13.2 Å². The normalized spacial score (nSPS) is 16.9. The fraction of sp³-hybridized carbons (Fsp3) is 0.350. The average Bonchev–Trinajstić information content (AvgIpc) is 2.67. The van der Waals surface area contributed by atoms with E-state index in [1.54, 1.807) is 24.1 Å². The summed E-state index contributed by atoms with van der Waals surface area (Å²) in [5.41, 5.74) is 2.64. The Labute approximate surface area is 160 Å². The lowest BCUT2D eigenvalue weighted by Gasteiger charge is -2.35. The van der Waals surface area contributed by atoms with Gasteiger partial charge in [0, 0.05) is 26.2 Å². The summed E-state index contributed by atoms with van der Waals surface area (Å²) in [5, 5.41) is 0. The Balaban J connectivity index is 1.93. The highest BCUT2D eigenvalue weighted by atomic mass is 32.2. The number of fused-ring (bicyclic) bond motifs is 1. The van der Waals surface area contributed by atoms with Gasteiger partial charge in [-0.1, -0.05) is 12.1 Å². The fourth-order valence-corrected chi connectivity index (χ4v) is 4.31. The summed E-state index contributed by atoms with van der Waals surface area (Å²) >= 11 is 0. The van der Waals surface area contributed by atoms with Crippen LogP contribution in [0.5, 0.6) is 5.75 Å². The van der Waals surface area contributed by atoms with Crippen LogP contribution in [-0.4, -0.2) is 51.3 Å². The molecule has 7 heteroatoms. The minimum Gasteiger partial charge on any atom is -0.497 e. The predicted molar refractivity (Wildman–Crippen MR) is 103 cm³/mol. The molecule has 0 aliphatic carbocycles. The Bertz CT molecular complexity index is 970. The SMILES string of the molecule is COc1ccc2c(c1)C(C)N(C(=O)c1cccc(S(=O)(=O)N(C)C)c1)CC2. The molecule has 0 saturated heterocycles. The molecule has 0 bridgehead atoms. The van der Waals surface area contributed by atoms with Gasteiger partial charge in [0.25, 0.3) is 5.91 Å². The molecule has 1 atom stereocenters. The van der Waals surface area contributed by atoms with Crippen molar-refractivity contribution >= 4 is 15.9 Å². The first-order valence-corrected chi connectivity index (χ1v) is 10.2. The zero-order valence-electron chi connectivity index (χ0n) is 16.0. The first-order chi connectivity index (χ1) is 12.8. The van der Waals surface area contributed by atoms with Crippen molar-refractivity contribution < 1.29 is 17.9 Å². The lowest BCUT2D eigenvalue weighted by Crippen LogP contribution is -2.39. The van der Waals surface area contributed by atoms with E-state index < -0.39 is 10.0 Å². The molecule has 1 heterocycles. The fourth-order valence-electron chi connectivity index (χ4n) is 3.36. The highest BCUT2D eigenvalue weighted by Gasteiger charge is 2.29. The topological polar surface area (TPSA) is 66.9 Å². The minimum atomic E-state index is -3.59. The van der Waals surface area contributed by atoms with Crippen molar-refractivity contribution in [2.75, 3.05) is 27.7 Å².